The van der Waals surface area contributed by atoms with Crippen LogP contribution in [0.15, 0.2) is 77.5 Å². The number of carbonyl (C=O) groups is 1. The molecule has 136 valence electrons. The Hall–Kier alpha value is -2.99. The fraction of sp³-hybridized carbons (Fsp3) is 0.0476. The van der Waals surface area contributed by atoms with Crippen LogP contribution in [-0.4, -0.2) is 10.9 Å². The third kappa shape index (κ3) is 5.76. The summed E-state index contributed by atoms with van der Waals surface area (Å²) in [6, 6.07) is 15.6. The highest BCUT2D eigenvalue weighted by Gasteiger charge is 2.05. The number of hydrogen-bond donors (Lipinski definition) is 1. The van der Waals surface area contributed by atoms with Crippen LogP contribution in [0.5, 0.6) is 11.5 Å². The Morgan fingerprint density at radius 1 is 1.19 bits per heavy atom. The fourth-order valence-electron chi connectivity index (χ4n) is 2.30. The van der Waals surface area contributed by atoms with Gasteiger partial charge in [-0.3, -0.25) is 9.78 Å². The lowest BCUT2D eigenvalue weighted by Crippen LogP contribution is -2.20. The summed E-state index contributed by atoms with van der Waals surface area (Å²) in [4.78, 5) is 15.8. The summed E-state index contributed by atoms with van der Waals surface area (Å²) in [5.74, 6) is -0.229. The molecule has 27 heavy (non-hydrogen) atoms. The molecule has 0 aliphatic heterocycles. The molecule has 1 heterocycles. The van der Waals surface area contributed by atoms with Crippen molar-refractivity contribution in [3.8, 4) is 11.5 Å². The maximum atomic E-state index is 14.2. The first-order valence-corrected chi connectivity index (χ1v) is 8.97. The minimum Gasteiger partial charge on any atom is -0.453 e. The minimum atomic E-state index is -0.518. The number of benzene rings is 2. The molecule has 0 unspecified atom stereocenters. The number of rotatable bonds is 6. The predicted octanol–water partition coefficient (Wildman–Crippen LogP) is 5.11. The Bertz CT molecular complexity index is 961. The van der Waals surface area contributed by atoms with Crippen molar-refractivity contribution in [3.63, 3.8) is 0 Å². The molecular formula is C21H16BrFN2O2. The molecule has 3 rings (SSSR count). The number of nitrogens with one attached hydrogen (secondary N) is 1. The topological polar surface area (TPSA) is 51.2 Å². The zero-order valence-corrected chi connectivity index (χ0v) is 15.8. The molecule has 0 spiro atoms. The maximum Gasteiger partial charge on any atom is 0.244 e. The standard InChI is InChI=1S/C21H16BrFN2O2/c22-17-4-1-3-16(11-17)13-25-21(26)9-7-15-6-8-20(19(23)12-15)27-18-5-2-10-24-14-18/h1-12,14H,13H2,(H,25,26)/b9-7+. The summed E-state index contributed by atoms with van der Waals surface area (Å²) in [7, 11) is 0. The normalized spacial score (nSPS) is 10.7. The van der Waals surface area contributed by atoms with E-state index in [4.69, 9.17) is 4.74 Å². The van der Waals surface area contributed by atoms with Crippen LogP contribution in [0.1, 0.15) is 11.1 Å². The molecule has 0 aliphatic rings. The van der Waals surface area contributed by atoms with Crippen molar-refractivity contribution in [2.75, 3.05) is 0 Å². The van der Waals surface area contributed by atoms with Crippen molar-refractivity contribution in [3.05, 3.63) is 94.5 Å². The molecule has 1 N–H and O–H groups in total. The van der Waals surface area contributed by atoms with Crippen molar-refractivity contribution in [1.29, 1.82) is 0 Å². The van der Waals surface area contributed by atoms with Gasteiger partial charge in [0.05, 0.1) is 6.20 Å². The van der Waals surface area contributed by atoms with E-state index in [2.05, 4.69) is 26.2 Å². The molecule has 0 aliphatic carbocycles. The van der Waals surface area contributed by atoms with Crippen molar-refractivity contribution in [1.82, 2.24) is 10.3 Å². The molecule has 0 saturated heterocycles. The zero-order valence-electron chi connectivity index (χ0n) is 14.2. The second kappa shape index (κ2) is 9.09. The Morgan fingerprint density at radius 3 is 2.81 bits per heavy atom. The van der Waals surface area contributed by atoms with Gasteiger partial charge in [-0.05, 0) is 53.6 Å². The Kier molecular flexibility index (Phi) is 6.33. The lowest BCUT2D eigenvalue weighted by Gasteiger charge is -2.06. The summed E-state index contributed by atoms with van der Waals surface area (Å²) in [6.45, 7) is 0.412. The molecule has 0 atom stereocenters. The Balaban J connectivity index is 1.58. The lowest BCUT2D eigenvalue weighted by atomic mass is 10.2. The second-order valence-electron chi connectivity index (χ2n) is 5.66. The predicted molar refractivity (Wildman–Crippen MR) is 106 cm³/mol. The molecular weight excluding hydrogens is 411 g/mol. The van der Waals surface area contributed by atoms with Gasteiger partial charge in [0.25, 0.3) is 0 Å². The van der Waals surface area contributed by atoms with Crippen LogP contribution in [0.4, 0.5) is 4.39 Å². The van der Waals surface area contributed by atoms with Gasteiger partial charge >= 0.3 is 0 Å². The van der Waals surface area contributed by atoms with E-state index in [9.17, 15) is 9.18 Å². The summed E-state index contributed by atoms with van der Waals surface area (Å²) < 4.78 is 20.6. The van der Waals surface area contributed by atoms with Gasteiger partial charge in [0.15, 0.2) is 11.6 Å². The molecule has 3 aromatic rings. The van der Waals surface area contributed by atoms with Crippen molar-refractivity contribution < 1.29 is 13.9 Å². The Morgan fingerprint density at radius 2 is 2.07 bits per heavy atom. The maximum absolute atomic E-state index is 14.2. The summed E-state index contributed by atoms with van der Waals surface area (Å²) in [5, 5.41) is 2.78. The van der Waals surface area contributed by atoms with Crippen LogP contribution in [0.25, 0.3) is 6.08 Å². The average Bonchev–Trinajstić information content (AvgIpc) is 2.67. The molecule has 0 bridgehead atoms. The van der Waals surface area contributed by atoms with Crippen LogP contribution in [-0.2, 0) is 11.3 Å². The van der Waals surface area contributed by atoms with Gasteiger partial charge in [-0.2, -0.15) is 0 Å². The van der Waals surface area contributed by atoms with Gasteiger partial charge in [0.1, 0.15) is 5.75 Å². The molecule has 6 heteroatoms. The summed E-state index contributed by atoms with van der Waals surface area (Å²) >= 11 is 3.39. The van der Waals surface area contributed by atoms with Crippen LogP contribution in [0, 0.1) is 5.82 Å². The van der Waals surface area contributed by atoms with Crippen molar-refractivity contribution >= 4 is 27.9 Å². The summed E-state index contributed by atoms with van der Waals surface area (Å²) in [6.07, 6.45) is 6.03. The summed E-state index contributed by atoms with van der Waals surface area (Å²) in [5.41, 5.74) is 1.54. The van der Waals surface area contributed by atoms with E-state index in [0.717, 1.165) is 10.0 Å². The third-order valence-corrected chi connectivity index (χ3v) is 4.09. The highest BCUT2D eigenvalue weighted by molar-refractivity contribution is 9.10. The number of halogens is 2. The largest absolute Gasteiger partial charge is 0.453 e. The molecule has 4 nitrogen and oxygen atoms in total. The van der Waals surface area contributed by atoms with Gasteiger partial charge in [-0.25, -0.2) is 4.39 Å². The van der Waals surface area contributed by atoms with E-state index in [0.29, 0.717) is 17.9 Å². The van der Waals surface area contributed by atoms with Crippen LogP contribution in [0.2, 0.25) is 0 Å². The fourth-order valence-corrected chi connectivity index (χ4v) is 2.75. The third-order valence-electron chi connectivity index (χ3n) is 3.60. The monoisotopic (exact) mass is 426 g/mol. The lowest BCUT2D eigenvalue weighted by molar-refractivity contribution is -0.116. The van der Waals surface area contributed by atoms with Gasteiger partial charge in [0, 0.05) is 23.3 Å². The zero-order chi connectivity index (χ0) is 19.1. The van der Waals surface area contributed by atoms with E-state index in [-0.39, 0.29) is 11.7 Å². The number of nitrogens with zero attached hydrogens (tertiary/aromatic N) is 1. The smallest absolute Gasteiger partial charge is 0.244 e. The highest BCUT2D eigenvalue weighted by atomic mass is 79.9. The first-order chi connectivity index (χ1) is 13.1. The van der Waals surface area contributed by atoms with Gasteiger partial charge < -0.3 is 10.1 Å². The van der Waals surface area contributed by atoms with E-state index in [1.165, 1.54) is 24.4 Å². The second-order valence-corrected chi connectivity index (χ2v) is 6.58. The molecule has 2 aromatic carbocycles. The molecule has 1 amide bonds. The van der Waals surface area contributed by atoms with E-state index in [1.54, 1.807) is 30.5 Å². The van der Waals surface area contributed by atoms with Crippen LogP contribution >= 0.6 is 15.9 Å². The van der Waals surface area contributed by atoms with Crippen molar-refractivity contribution in [2.45, 2.75) is 6.54 Å². The van der Waals surface area contributed by atoms with Crippen LogP contribution < -0.4 is 10.1 Å². The van der Waals surface area contributed by atoms with Crippen molar-refractivity contribution in [2.24, 2.45) is 0 Å². The number of amides is 1. The van der Waals surface area contributed by atoms with Gasteiger partial charge in [0.2, 0.25) is 5.91 Å². The van der Waals surface area contributed by atoms with Gasteiger partial charge in [-0.1, -0.05) is 34.1 Å². The SMILES string of the molecule is O=C(/C=C/c1ccc(Oc2cccnc2)c(F)c1)NCc1cccc(Br)c1. The minimum absolute atomic E-state index is 0.0965. The number of hydrogen-bond acceptors (Lipinski definition) is 3. The molecule has 1 aromatic heterocycles. The van der Waals surface area contributed by atoms with E-state index >= 15 is 0 Å². The molecule has 0 fully saturated rings. The van der Waals surface area contributed by atoms with E-state index < -0.39 is 5.82 Å². The number of pyridine rings is 1. The number of aromatic nitrogens is 1. The first-order valence-electron chi connectivity index (χ1n) is 8.18. The molecule has 0 saturated carbocycles. The van der Waals surface area contributed by atoms with E-state index in [1.807, 2.05) is 24.3 Å². The Labute approximate surface area is 164 Å². The number of carbonyl (C=O) groups excluding carboxylic acids is 1. The first kappa shape index (κ1) is 18.8. The molecule has 0 radical (unpaired) electrons. The number of ether oxygens (including phenoxy) is 1. The average molecular weight is 427 g/mol. The van der Waals surface area contributed by atoms with Gasteiger partial charge in [-0.15, -0.1) is 0 Å². The highest BCUT2D eigenvalue weighted by Crippen LogP contribution is 2.24. The van der Waals surface area contributed by atoms with Crippen LogP contribution in [0.3, 0.4) is 0 Å². The quantitative estimate of drug-likeness (QED) is 0.557.